The Labute approximate surface area is 129 Å². The largest absolute Gasteiger partial charge is 0.387 e. The minimum absolute atomic E-state index is 0.290. The molecular weight excluding hydrogens is 292 g/mol. The lowest BCUT2D eigenvalue weighted by molar-refractivity contribution is -0.150. The number of nitrogens with one attached hydrogen (secondary N) is 2. The highest BCUT2D eigenvalue weighted by Gasteiger charge is 2.36. The maximum Gasteiger partial charge on any atom is 0.252 e. The number of carbonyl (C=O) groups is 2. The molecule has 0 aromatic heterocycles. The van der Waals surface area contributed by atoms with Gasteiger partial charge in [-0.15, -0.1) is 6.58 Å². The lowest BCUT2D eigenvalue weighted by Gasteiger charge is -2.28. The van der Waals surface area contributed by atoms with E-state index in [4.69, 9.17) is 4.74 Å². The summed E-state index contributed by atoms with van der Waals surface area (Å²) in [7, 11) is 1.19. The smallest absolute Gasteiger partial charge is 0.252 e. The van der Waals surface area contributed by atoms with Gasteiger partial charge in [-0.2, -0.15) is 0 Å². The molecule has 8 nitrogen and oxygen atoms in total. The van der Waals surface area contributed by atoms with Gasteiger partial charge in [0, 0.05) is 13.7 Å². The quantitative estimate of drug-likeness (QED) is 0.348. The number of hydrogen-bond acceptors (Lipinski definition) is 6. The van der Waals surface area contributed by atoms with Crippen LogP contribution in [0, 0.1) is 0 Å². The average Bonchev–Trinajstić information content (AvgIpc) is 2.71. The number of rotatable bonds is 7. The maximum absolute atomic E-state index is 12.2. The van der Waals surface area contributed by atoms with Crippen LogP contribution in [0.1, 0.15) is 19.3 Å². The Kier molecular flexibility index (Phi) is 7.46. The average molecular weight is 316 g/mol. The summed E-state index contributed by atoms with van der Waals surface area (Å²) in [4.78, 5) is 23.9. The Bertz CT molecular complexity index is 403. The van der Waals surface area contributed by atoms with E-state index in [1.807, 2.05) is 0 Å². The first-order valence-corrected chi connectivity index (χ1v) is 7.20. The zero-order chi connectivity index (χ0) is 16.7. The van der Waals surface area contributed by atoms with Crippen molar-refractivity contribution in [2.24, 2.45) is 0 Å². The summed E-state index contributed by atoms with van der Waals surface area (Å²) < 4.78 is 4.90. The van der Waals surface area contributed by atoms with Gasteiger partial charge in [0.15, 0.2) is 6.10 Å². The van der Waals surface area contributed by atoms with E-state index < -0.39 is 36.4 Å². The minimum Gasteiger partial charge on any atom is -0.387 e. The molecule has 0 aliphatic carbocycles. The van der Waals surface area contributed by atoms with E-state index in [0.717, 1.165) is 18.9 Å². The third-order valence-corrected chi connectivity index (χ3v) is 3.62. The molecule has 0 radical (unpaired) electrons. The van der Waals surface area contributed by atoms with Gasteiger partial charge >= 0.3 is 0 Å². The summed E-state index contributed by atoms with van der Waals surface area (Å²) in [5, 5.41) is 34.3. The lowest BCUT2D eigenvalue weighted by atomic mass is 10.0. The van der Waals surface area contributed by atoms with Crippen LogP contribution < -0.4 is 10.6 Å². The zero-order valence-electron chi connectivity index (χ0n) is 12.6. The van der Waals surface area contributed by atoms with Crippen LogP contribution in [0.2, 0.25) is 0 Å². The van der Waals surface area contributed by atoms with Crippen molar-refractivity contribution in [2.75, 3.05) is 13.7 Å². The fourth-order valence-electron chi connectivity index (χ4n) is 2.25. The molecule has 0 bridgehead atoms. The van der Waals surface area contributed by atoms with Gasteiger partial charge in [-0.1, -0.05) is 6.08 Å². The van der Waals surface area contributed by atoms with Gasteiger partial charge in [-0.25, -0.2) is 0 Å². The molecule has 0 saturated carbocycles. The summed E-state index contributed by atoms with van der Waals surface area (Å²) in [5.41, 5.74) is 0. The molecular formula is C14H24N2O6. The first kappa shape index (κ1) is 18.6. The minimum atomic E-state index is -1.66. The topological polar surface area (TPSA) is 128 Å². The summed E-state index contributed by atoms with van der Waals surface area (Å²) in [6.45, 7) is 3.85. The van der Waals surface area contributed by atoms with Crippen molar-refractivity contribution in [3.05, 3.63) is 12.7 Å². The fraction of sp³-hybridized carbons (Fsp3) is 0.714. The Hall–Kier alpha value is -1.48. The molecule has 1 fully saturated rings. The molecule has 1 saturated heterocycles. The van der Waals surface area contributed by atoms with Crippen LogP contribution in [0.4, 0.5) is 0 Å². The van der Waals surface area contributed by atoms with Crippen molar-refractivity contribution < 1.29 is 29.6 Å². The standard InChI is InChI=1S/C14H24N2O6/c1-3-9(17)10(18)11(19)12(22-2)14(21)16-8-6-4-5-7-15-13(8)20/h3,8-12,17-19H,1,4-7H2,2H3,(H,15,20)(H,16,21)/t8-,9+,10-,11+,12+/m0/s1. The van der Waals surface area contributed by atoms with E-state index in [0.29, 0.717) is 13.0 Å². The van der Waals surface area contributed by atoms with E-state index in [9.17, 15) is 24.9 Å². The van der Waals surface area contributed by atoms with Crippen LogP contribution in [0.15, 0.2) is 12.7 Å². The molecule has 0 aromatic rings. The van der Waals surface area contributed by atoms with Gasteiger partial charge in [0.25, 0.3) is 5.91 Å². The van der Waals surface area contributed by atoms with Gasteiger partial charge in [0.05, 0.1) is 0 Å². The summed E-state index contributed by atoms with van der Waals surface area (Å²) in [5.74, 6) is -1.02. The molecule has 22 heavy (non-hydrogen) atoms. The zero-order valence-corrected chi connectivity index (χ0v) is 12.6. The van der Waals surface area contributed by atoms with Gasteiger partial charge in [0.1, 0.15) is 24.4 Å². The number of methoxy groups -OCH3 is 1. The second kappa shape index (κ2) is 8.84. The molecule has 126 valence electrons. The van der Waals surface area contributed by atoms with Crippen molar-refractivity contribution in [1.82, 2.24) is 10.6 Å². The number of hydrogen-bond donors (Lipinski definition) is 5. The fourth-order valence-corrected chi connectivity index (χ4v) is 2.25. The third kappa shape index (κ3) is 4.77. The normalized spacial score (nSPS) is 24.4. The summed E-state index contributed by atoms with van der Waals surface area (Å²) >= 11 is 0. The first-order chi connectivity index (χ1) is 10.4. The summed E-state index contributed by atoms with van der Waals surface area (Å²) in [6, 6.07) is -0.707. The van der Waals surface area contributed by atoms with Crippen LogP contribution >= 0.6 is 0 Å². The molecule has 2 amide bonds. The Morgan fingerprint density at radius 3 is 2.68 bits per heavy atom. The number of aliphatic hydroxyl groups is 3. The van der Waals surface area contributed by atoms with E-state index in [-0.39, 0.29) is 5.91 Å². The SMILES string of the molecule is C=C[C@@H](O)[C@H](O)[C@@H](O)[C@@H](OC)C(=O)N[C@H]1CCCCNC1=O. The molecule has 0 aromatic carbocycles. The van der Waals surface area contributed by atoms with Crippen LogP contribution in [-0.4, -0.2) is 71.2 Å². The van der Waals surface area contributed by atoms with Crippen LogP contribution in [0.5, 0.6) is 0 Å². The van der Waals surface area contributed by atoms with Crippen molar-refractivity contribution >= 4 is 11.8 Å². The predicted molar refractivity (Wildman–Crippen MR) is 77.8 cm³/mol. The second-order valence-corrected chi connectivity index (χ2v) is 5.21. The molecule has 0 unspecified atom stereocenters. The van der Waals surface area contributed by atoms with Crippen molar-refractivity contribution in [1.29, 1.82) is 0 Å². The lowest BCUT2D eigenvalue weighted by Crippen LogP contribution is -2.55. The maximum atomic E-state index is 12.2. The van der Waals surface area contributed by atoms with E-state index >= 15 is 0 Å². The molecule has 8 heteroatoms. The Morgan fingerprint density at radius 1 is 1.41 bits per heavy atom. The van der Waals surface area contributed by atoms with E-state index in [2.05, 4.69) is 17.2 Å². The van der Waals surface area contributed by atoms with E-state index in [1.165, 1.54) is 7.11 Å². The highest BCUT2D eigenvalue weighted by atomic mass is 16.5. The van der Waals surface area contributed by atoms with Crippen molar-refractivity contribution in [3.63, 3.8) is 0 Å². The van der Waals surface area contributed by atoms with Crippen LogP contribution in [0.3, 0.4) is 0 Å². The van der Waals surface area contributed by atoms with Crippen molar-refractivity contribution in [2.45, 2.75) is 49.7 Å². The molecule has 5 N–H and O–H groups in total. The highest BCUT2D eigenvalue weighted by Crippen LogP contribution is 2.11. The number of ether oxygens (including phenoxy) is 1. The summed E-state index contributed by atoms with van der Waals surface area (Å²) in [6.07, 6.45) is -2.97. The van der Waals surface area contributed by atoms with Crippen LogP contribution in [-0.2, 0) is 14.3 Å². The molecule has 5 atom stereocenters. The first-order valence-electron chi connectivity index (χ1n) is 7.20. The highest BCUT2D eigenvalue weighted by molar-refractivity contribution is 5.89. The van der Waals surface area contributed by atoms with Gasteiger partial charge in [-0.3, -0.25) is 9.59 Å². The number of aliphatic hydroxyl groups excluding tert-OH is 3. The molecule has 1 rings (SSSR count). The second-order valence-electron chi connectivity index (χ2n) is 5.21. The third-order valence-electron chi connectivity index (χ3n) is 3.62. The predicted octanol–water partition coefficient (Wildman–Crippen LogP) is -1.94. The molecule has 1 aliphatic rings. The molecule has 1 aliphatic heterocycles. The molecule has 0 spiro atoms. The van der Waals surface area contributed by atoms with Gasteiger partial charge in [-0.05, 0) is 19.3 Å². The van der Waals surface area contributed by atoms with Gasteiger partial charge < -0.3 is 30.7 Å². The monoisotopic (exact) mass is 316 g/mol. The van der Waals surface area contributed by atoms with E-state index in [1.54, 1.807) is 0 Å². The van der Waals surface area contributed by atoms with Crippen LogP contribution in [0.25, 0.3) is 0 Å². The van der Waals surface area contributed by atoms with Gasteiger partial charge in [0.2, 0.25) is 5.91 Å². The Morgan fingerprint density at radius 2 is 2.09 bits per heavy atom. The molecule has 1 heterocycles. The number of carbonyl (C=O) groups excluding carboxylic acids is 2. The van der Waals surface area contributed by atoms with Crippen molar-refractivity contribution in [3.8, 4) is 0 Å². The Balaban J connectivity index is 2.70. The number of amides is 2.